The van der Waals surface area contributed by atoms with Crippen LogP contribution in [0.3, 0.4) is 0 Å². The molecule has 4 aliphatic carbocycles. The summed E-state index contributed by atoms with van der Waals surface area (Å²) in [5, 5.41) is 12.0. The average Bonchev–Trinajstić information content (AvgIpc) is 2.96. The third-order valence-electron chi connectivity index (χ3n) is 10.1. The van der Waals surface area contributed by atoms with E-state index >= 15 is 0 Å². The van der Waals surface area contributed by atoms with Gasteiger partial charge >= 0.3 is 11.9 Å². The molecule has 4 fully saturated rings. The molecular formula is C26H42O5. The van der Waals surface area contributed by atoms with Crippen LogP contribution >= 0.6 is 0 Å². The van der Waals surface area contributed by atoms with Crippen molar-refractivity contribution in [3.8, 4) is 0 Å². The molecule has 31 heavy (non-hydrogen) atoms. The monoisotopic (exact) mass is 434 g/mol. The Morgan fingerprint density at radius 1 is 0.968 bits per heavy atom. The first kappa shape index (κ1) is 23.1. The first-order valence-electron chi connectivity index (χ1n) is 12.5. The van der Waals surface area contributed by atoms with Crippen molar-refractivity contribution in [2.45, 2.75) is 111 Å². The van der Waals surface area contributed by atoms with Crippen molar-refractivity contribution >= 4 is 11.9 Å². The lowest BCUT2D eigenvalue weighted by Gasteiger charge is -2.65. The molecule has 0 radical (unpaired) electrons. The van der Waals surface area contributed by atoms with Crippen molar-refractivity contribution < 1.29 is 24.2 Å². The van der Waals surface area contributed by atoms with Crippen LogP contribution in [0.15, 0.2) is 0 Å². The molecule has 0 amide bonds. The Balaban J connectivity index is 1.60. The number of hydrogen-bond donors (Lipinski definition) is 1. The van der Waals surface area contributed by atoms with Crippen molar-refractivity contribution in [3.63, 3.8) is 0 Å². The Bertz CT molecular complexity index is 731. The molecule has 4 aliphatic rings. The zero-order chi connectivity index (χ0) is 22.8. The van der Waals surface area contributed by atoms with Crippen molar-refractivity contribution in [1.29, 1.82) is 0 Å². The number of ether oxygens (including phenoxy) is 2. The lowest BCUT2D eigenvalue weighted by Crippen LogP contribution is -2.64. The van der Waals surface area contributed by atoms with Gasteiger partial charge in [0.15, 0.2) is 0 Å². The predicted molar refractivity (Wildman–Crippen MR) is 118 cm³/mol. The molecule has 0 aromatic heterocycles. The van der Waals surface area contributed by atoms with Crippen LogP contribution < -0.4 is 0 Å². The Hall–Kier alpha value is -1.10. The van der Waals surface area contributed by atoms with Crippen molar-refractivity contribution in [2.24, 2.45) is 40.4 Å². The van der Waals surface area contributed by atoms with Gasteiger partial charge in [-0.2, -0.15) is 0 Å². The molecule has 0 aliphatic heterocycles. The minimum atomic E-state index is -0.740. The van der Waals surface area contributed by atoms with E-state index in [0.717, 1.165) is 44.9 Å². The van der Waals surface area contributed by atoms with Gasteiger partial charge in [0.05, 0.1) is 5.60 Å². The van der Waals surface area contributed by atoms with Gasteiger partial charge in [0, 0.05) is 19.8 Å². The second-order valence-electron chi connectivity index (χ2n) is 12.1. The molecule has 1 N–H and O–H groups in total. The molecule has 0 aromatic carbocycles. The minimum absolute atomic E-state index is 0.00231. The third kappa shape index (κ3) is 3.73. The molecule has 4 rings (SSSR count). The van der Waals surface area contributed by atoms with E-state index in [0.29, 0.717) is 23.7 Å². The van der Waals surface area contributed by atoms with Gasteiger partial charge in [-0.15, -0.1) is 0 Å². The van der Waals surface area contributed by atoms with Crippen molar-refractivity contribution in [3.05, 3.63) is 0 Å². The van der Waals surface area contributed by atoms with Gasteiger partial charge in [-0.3, -0.25) is 9.59 Å². The molecule has 5 nitrogen and oxygen atoms in total. The van der Waals surface area contributed by atoms with Crippen molar-refractivity contribution in [1.82, 2.24) is 0 Å². The van der Waals surface area contributed by atoms with Gasteiger partial charge in [-0.25, -0.2) is 0 Å². The van der Waals surface area contributed by atoms with E-state index in [4.69, 9.17) is 9.47 Å². The van der Waals surface area contributed by atoms with E-state index in [-0.39, 0.29) is 40.9 Å². The van der Waals surface area contributed by atoms with E-state index < -0.39 is 5.60 Å². The Labute approximate surface area is 187 Å². The second kappa shape index (κ2) is 7.74. The lowest BCUT2D eigenvalue weighted by molar-refractivity contribution is -0.225. The summed E-state index contributed by atoms with van der Waals surface area (Å²) in [6, 6.07) is 0. The lowest BCUT2D eigenvalue weighted by atomic mass is 9.41. The normalized spacial score (nSPS) is 49.9. The van der Waals surface area contributed by atoms with E-state index in [9.17, 15) is 14.7 Å². The molecule has 0 spiro atoms. The molecule has 0 saturated heterocycles. The summed E-state index contributed by atoms with van der Waals surface area (Å²) in [4.78, 5) is 23.1. The standard InChI is InChI=1S/C26H42O5/c1-15(30-16(2)27)21-9-10-22-20-8-7-18-13-19(31-17(3)28)11-12-24(18,4)23(20)26(6,29)14-25(21,22)5/h15,18-23,29H,7-14H2,1-6H3/t15?,18-,19?,20?,21?,22?,23?,24?,25?,26-/m0/s1. The van der Waals surface area contributed by atoms with E-state index in [2.05, 4.69) is 20.8 Å². The highest BCUT2D eigenvalue weighted by molar-refractivity contribution is 5.66. The maximum atomic E-state index is 12.0. The van der Waals surface area contributed by atoms with E-state index in [1.54, 1.807) is 0 Å². The summed E-state index contributed by atoms with van der Waals surface area (Å²) in [6.45, 7) is 11.9. The molecular weight excluding hydrogens is 392 g/mol. The van der Waals surface area contributed by atoms with Gasteiger partial charge in [-0.05, 0) is 99.7 Å². The molecule has 0 heterocycles. The number of fused-ring (bicyclic) bond motifs is 5. The van der Waals surface area contributed by atoms with Crippen LogP contribution in [-0.2, 0) is 19.1 Å². The molecule has 176 valence electrons. The molecule has 10 atom stereocenters. The molecule has 8 unspecified atom stereocenters. The fraction of sp³-hybridized carbons (Fsp3) is 0.923. The summed E-state index contributed by atoms with van der Waals surface area (Å²) in [6.07, 6.45) is 8.09. The highest BCUT2D eigenvalue weighted by Crippen LogP contribution is 2.70. The highest BCUT2D eigenvalue weighted by atomic mass is 16.5. The molecule has 0 aromatic rings. The number of carbonyl (C=O) groups is 2. The maximum absolute atomic E-state index is 12.0. The fourth-order valence-corrected chi connectivity index (χ4v) is 9.49. The Kier molecular flexibility index (Phi) is 5.76. The van der Waals surface area contributed by atoms with Gasteiger partial charge in [0.25, 0.3) is 0 Å². The van der Waals surface area contributed by atoms with E-state index in [1.807, 2.05) is 6.92 Å². The van der Waals surface area contributed by atoms with Crippen LogP contribution in [0, 0.1) is 40.4 Å². The maximum Gasteiger partial charge on any atom is 0.302 e. The van der Waals surface area contributed by atoms with Crippen LogP contribution in [0.4, 0.5) is 0 Å². The molecule has 5 heteroatoms. The average molecular weight is 435 g/mol. The van der Waals surface area contributed by atoms with Crippen LogP contribution in [0.1, 0.15) is 92.9 Å². The quantitative estimate of drug-likeness (QED) is 0.640. The number of esters is 2. The van der Waals surface area contributed by atoms with Crippen LogP contribution in [0.5, 0.6) is 0 Å². The summed E-state index contributed by atoms with van der Waals surface area (Å²) in [5.41, 5.74) is -0.655. The zero-order valence-electron chi connectivity index (χ0n) is 20.3. The Morgan fingerprint density at radius 3 is 2.32 bits per heavy atom. The number of aliphatic hydroxyl groups is 1. The van der Waals surface area contributed by atoms with Crippen LogP contribution in [0.25, 0.3) is 0 Å². The summed E-state index contributed by atoms with van der Waals surface area (Å²) in [7, 11) is 0. The summed E-state index contributed by atoms with van der Waals surface area (Å²) in [5.74, 6) is 1.77. The van der Waals surface area contributed by atoms with Crippen LogP contribution in [0.2, 0.25) is 0 Å². The summed E-state index contributed by atoms with van der Waals surface area (Å²) >= 11 is 0. The molecule has 4 saturated carbocycles. The van der Waals surface area contributed by atoms with Crippen LogP contribution in [-0.4, -0.2) is 34.9 Å². The van der Waals surface area contributed by atoms with Gasteiger partial charge in [-0.1, -0.05) is 13.8 Å². The first-order chi connectivity index (χ1) is 14.4. The molecule has 0 bridgehead atoms. The number of hydrogen-bond acceptors (Lipinski definition) is 5. The number of rotatable bonds is 3. The SMILES string of the molecule is CC(=O)OC1CCC2(C)C3C(CC[C@H]2C1)C1CCC(C(C)OC(C)=O)C1(C)C[C@]3(C)O. The smallest absolute Gasteiger partial charge is 0.302 e. The second-order valence-corrected chi connectivity index (χ2v) is 12.1. The highest BCUT2D eigenvalue weighted by Gasteiger charge is 2.67. The van der Waals surface area contributed by atoms with Gasteiger partial charge in [0.2, 0.25) is 0 Å². The largest absolute Gasteiger partial charge is 0.463 e. The number of carbonyl (C=O) groups excluding carboxylic acids is 2. The zero-order valence-corrected chi connectivity index (χ0v) is 20.3. The first-order valence-corrected chi connectivity index (χ1v) is 12.5. The summed E-state index contributed by atoms with van der Waals surface area (Å²) < 4.78 is 11.2. The van der Waals surface area contributed by atoms with Crippen molar-refractivity contribution in [2.75, 3.05) is 0 Å². The fourth-order valence-electron chi connectivity index (χ4n) is 9.49. The minimum Gasteiger partial charge on any atom is -0.463 e. The van der Waals surface area contributed by atoms with E-state index in [1.165, 1.54) is 20.3 Å². The Morgan fingerprint density at radius 2 is 1.68 bits per heavy atom. The van der Waals surface area contributed by atoms with Gasteiger partial charge < -0.3 is 14.6 Å². The van der Waals surface area contributed by atoms with Gasteiger partial charge in [0.1, 0.15) is 12.2 Å². The topological polar surface area (TPSA) is 72.8 Å². The predicted octanol–water partition coefficient (Wildman–Crippen LogP) is 4.89. The third-order valence-corrected chi connectivity index (χ3v) is 10.1.